The predicted octanol–water partition coefficient (Wildman–Crippen LogP) is 4.67. The van der Waals surface area contributed by atoms with Crippen molar-refractivity contribution >= 4 is 27.5 Å². The Hall–Kier alpha value is -2.55. The van der Waals surface area contributed by atoms with Crippen molar-refractivity contribution in [2.45, 2.75) is 26.3 Å². The summed E-state index contributed by atoms with van der Waals surface area (Å²) >= 11 is 0. The minimum atomic E-state index is -0.339. The molecule has 0 saturated heterocycles. The molecule has 0 aliphatic heterocycles. The maximum atomic E-state index is 12.3. The van der Waals surface area contributed by atoms with E-state index in [2.05, 4.69) is 5.32 Å². The van der Waals surface area contributed by atoms with Crippen LogP contribution in [0.5, 0.6) is 5.75 Å². The number of fused-ring (bicyclic) bond motifs is 3. The molecular formula is C19H18NO2. The molecule has 0 atom stereocenters. The predicted molar refractivity (Wildman–Crippen MR) is 88.8 cm³/mol. The summed E-state index contributed by atoms with van der Waals surface area (Å²) < 4.78 is 0. The quantitative estimate of drug-likeness (QED) is 0.651. The Morgan fingerprint density at radius 1 is 0.909 bits per heavy atom. The van der Waals surface area contributed by atoms with Crippen LogP contribution in [0.3, 0.4) is 0 Å². The first-order chi connectivity index (χ1) is 10.3. The Kier molecular flexibility index (Phi) is 3.28. The SMILES string of the molecule is CC(C)(C)NC(=O)c1cc([O])c2ccc3ccccc3c2c1. The van der Waals surface area contributed by atoms with E-state index in [1.54, 1.807) is 6.07 Å². The lowest BCUT2D eigenvalue weighted by Gasteiger charge is -2.20. The second kappa shape index (κ2) is 5.02. The van der Waals surface area contributed by atoms with Gasteiger partial charge in [0.05, 0.1) is 0 Å². The normalized spacial score (nSPS) is 11.8. The summed E-state index contributed by atoms with van der Waals surface area (Å²) in [7, 11) is 0. The van der Waals surface area contributed by atoms with Crippen LogP contribution in [0.2, 0.25) is 0 Å². The van der Waals surface area contributed by atoms with Gasteiger partial charge in [-0.3, -0.25) is 9.90 Å². The van der Waals surface area contributed by atoms with Gasteiger partial charge in [0.15, 0.2) is 5.75 Å². The fourth-order valence-corrected chi connectivity index (χ4v) is 2.63. The molecule has 0 aromatic heterocycles. The van der Waals surface area contributed by atoms with Crippen LogP contribution in [0.4, 0.5) is 0 Å². The first kappa shape index (κ1) is 14.4. The van der Waals surface area contributed by atoms with Crippen molar-refractivity contribution in [2.24, 2.45) is 0 Å². The van der Waals surface area contributed by atoms with Crippen molar-refractivity contribution in [3.63, 3.8) is 0 Å². The molecule has 0 bridgehead atoms. The minimum absolute atomic E-state index is 0.123. The second-order valence-corrected chi connectivity index (χ2v) is 6.56. The van der Waals surface area contributed by atoms with Crippen LogP contribution < -0.4 is 5.32 Å². The topological polar surface area (TPSA) is 49.0 Å². The molecule has 1 amide bonds. The molecule has 0 spiro atoms. The number of rotatable bonds is 1. The van der Waals surface area contributed by atoms with E-state index in [4.69, 9.17) is 0 Å². The average Bonchev–Trinajstić information content (AvgIpc) is 2.45. The van der Waals surface area contributed by atoms with Crippen LogP contribution in [0.25, 0.3) is 21.5 Å². The molecule has 3 rings (SSSR count). The Morgan fingerprint density at radius 3 is 2.36 bits per heavy atom. The van der Waals surface area contributed by atoms with Crippen LogP contribution in [0.1, 0.15) is 31.1 Å². The second-order valence-electron chi connectivity index (χ2n) is 6.56. The van der Waals surface area contributed by atoms with E-state index in [0.717, 1.165) is 16.2 Å². The Morgan fingerprint density at radius 2 is 1.64 bits per heavy atom. The van der Waals surface area contributed by atoms with Gasteiger partial charge in [0.25, 0.3) is 5.91 Å². The molecule has 0 aliphatic rings. The van der Waals surface area contributed by atoms with Gasteiger partial charge in [-0.1, -0.05) is 30.3 Å². The molecular weight excluding hydrogens is 274 g/mol. The summed E-state index contributed by atoms with van der Waals surface area (Å²) in [6, 6.07) is 14.9. The first-order valence-corrected chi connectivity index (χ1v) is 7.30. The third-order valence-electron chi connectivity index (χ3n) is 3.57. The molecule has 3 nitrogen and oxygen atoms in total. The van der Waals surface area contributed by atoms with Crippen LogP contribution in [0.15, 0.2) is 48.5 Å². The first-order valence-electron chi connectivity index (χ1n) is 7.30. The molecule has 111 valence electrons. The number of nitrogens with one attached hydrogen (secondary N) is 1. The summed E-state index contributed by atoms with van der Waals surface area (Å²) in [6.07, 6.45) is 0. The van der Waals surface area contributed by atoms with Gasteiger partial charge in [0, 0.05) is 16.5 Å². The molecule has 3 heteroatoms. The summed E-state index contributed by atoms with van der Waals surface area (Å²) in [5, 5.41) is 18.7. The number of carbonyl (C=O) groups excluding carboxylic acids is 1. The van der Waals surface area contributed by atoms with Crippen molar-refractivity contribution in [1.82, 2.24) is 5.32 Å². The Labute approximate surface area is 129 Å². The lowest BCUT2D eigenvalue weighted by atomic mass is 9.98. The molecule has 0 heterocycles. The number of carbonyl (C=O) groups is 1. The monoisotopic (exact) mass is 292 g/mol. The van der Waals surface area contributed by atoms with Gasteiger partial charge >= 0.3 is 0 Å². The van der Waals surface area contributed by atoms with Gasteiger partial charge in [-0.15, -0.1) is 0 Å². The lowest BCUT2D eigenvalue weighted by molar-refractivity contribution is 0.0919. The van der Waals surface area contributed by atoms with E-state index in [9.17, 15) is 9.90 Å². The van der Waals surface area contributed by atoms with E-state index in [0.29, 0.717) is 10.9 Å². The maximum absolute atomic E-state index is 12.3. The molecule has 1 N–H and O–H groups in total. The van der Waals surface area contributed by atoms with Gasteiger partial charge < -0.3 is 5.32 Å². The van der Waals surface area contributed by atoms with E-state index in [-0.39, 0.29) is 17.2 Å². The van der Waals surface area contributed by atoms with Crippen molar-refractivity contribution in [3.05, 3.63) is 54.1 Å². The van der Waals surface area contributed by atoms with E-state index >= 15 is 0 Å². The smallest absolute Gasteiger partial charge is 0.251 e. The zero-order chi connectivity index (χ0) is 15.9. The molecule has 22 heavy (non-hydrogen) atoms. The number of benzene rings is 3. The van der Waals surface area contributed by atoms with Crippen molar-refractivity contribution in [2.75, 3.05) is 0 Å². The van der Waals surface area contributed by atoms with Gasteiger partial charge in [-0.2, -0.15) is 0 Å². The van der Waals surface area contributed by atoms with Gasteiger partial charge in [-0.05, 0) is 55.1 Å². The van der Waals surface area contributed by atoms with Crippen molar-refractivity contribution < 1.29 is 9.90 Å². The third-order valence-corrected chi connectivity index (χ3v) is 3.57. The van der Waals surface area contributed by atoms with E-state index in [1.165, 1.54) is 6.07 Å². The van der Waals surface area contributed by atoms with E-state index in [1.807, 2.05) is 57.2 Å². The fourth-order valence-electron chi connectivity index (χ4n) is 2.63. The molecule has 3 aromatic carbocycles. The molecule has 3 aromatic rings. The largest absolute Gasteiger partial charge is 0.347 e. The zero-order valence-electron chi connectivity index (χ0n) is 12.9. The standard InChI is InChI=1S/C19H18NO2/c1-19(2,3)20-18(22)13-10-16-14-7-5-4-6-12(14)8-9-15(16)17(21)11-13/h4-11H,1-3H3,(H,20,22). The summed E-state index contributed by atoms with van der Waals surface area (Å²) in [5.74, 6) is -0.346. The Balaban J connectivity index is 2.22. The number of hydrogen-bond donors (Lipinski definition) is 1. The fraction of sp³-hybridized carbons (Fsp3) is 0.211. The number of hydrogen-bond acceptors (Lipinski definition) is 1. The highest BCUT2D eigenvalue weighted by Crippen LogP contribution is 2.32. The molecule has 0 unspecified atom stereocenters. The maximum Gasteiger partial charge on any atom is 0.251 e. The summed E-state index contributed by atoms with van der Waals surface area (Å²) in [5.41, 5.74) is 0.0668. The molecule has 0 fully saturated rings. The molecule has 1 radical (unpaired) electrons. The van der Waals surface area contributed by atoms with Crippen molar-refractivity contribution in [3.8, 4) is 5.75 Å². The minimum Gasteiger partial charge on any atom is -0.347 e. The van der Waals surface area contributed by atoms with Crippen LogP contribution in [0, 0.1) is 0 Å². The van der Waals surface area contributed by atoms with Gasteiger partial charge in [-0.25, -0.2) is 0 Å². The van der Waals surface area contributed by atoms with E-state index < -0.39 is 0 Å². The van der Waals surface area contributed by atoms with Gasteiger partial charge in [0.1, 0.15) is 0 Å². The lowest BCUT2D eigenvalue weighted by Crippen LogP contribution is -2.40. The highest BCUT2D eigenvalue weighted by Gasteiger charge is 2.17. The summed E-state index contributed by atoms with van der Waals surface area (Å²) in [6.45, 7) is 5.75. The van der Waals surface area contributed by atoms with Gasteiger partial charge in [0.2, 0.25) is 0 Å². The average molecular weight is 292 g/mol. The van der Waals surface area contributed by atoms with Crippen LogP contribution >= 0.6 is 0 Å². The highest BCUT2D eigenvalue weighted by atomic mass is 16.3. The number of amides is 1. The van der Waals surface area contributed by atoms with Crippen LogP contribution in [-0.4, -0.2) is 11.4 Å². The van der Waals surface area contributed by atoms with Crippen molar-refractivity contribution in [1.29, 1.82) is 0 Å². The molecule has 0 saturated carbocycles. The molecule has 0 aliphatic carbocycles. The highest BCUT2D eigenvalue weighted by molar-refractivity contribution is 6.12. The zero-order valence-corrected chi connectivity index (χ0v) is 12.9. The van der Waals surface area contributed by atoms with Crippen LogP contribution in [-0.2, 0) is 5.11 Å². The third kappa shape index (κ3) is 2.62. The Bertz CT molecular complexity index is 876. The summed E-state index contributed by atoms with van der Waals surface area (Å²) in [4.78, 5) is 12.3.